The van der Waals surface area contributed by atoms with Crippen LogP contribution in [0.2, 0.25) is 0 Å². The molecule has 0 saturated carbocycles. The summed E-state index contributed by atoms with van der Waals surface area (Å²) in [5, 5.41) is 9.56. The predicted molar refractivity (Wildman–Crippen MR) is 48.3 cm³/mol. The van der Waals surface area contributed by atoms with Crippen LogP contribution in [0.3, 0.4) is 0 Å². The summed E-state index contributed by atoms with van der Waals surface area (Å²) in [5.41, 5.74) is 5.04. The van der Waals surface area contributed by atoms with Crippen LogP contribution < -0.4 is 5.73 Å². The van der Waals surface area contributed by atoms with Crippen molar-refractivity contribution in [3.05, 3.63) is 0 Å². The van der Waals surface area contributed by atoms with Gasteiger partial charge in [-0.3, -0.25) is 0 Å². The zero-order valence-corrected chi connectivity index (χ0v) is 8.09. The lowest BCUT2D eigenvalue weighted by molar-refractivity contribution is 0.0201. The highest BCUT2D eigenvalue weighted by atomic mass is 16.3. The highest BCUT2D eigenvalue weighted by molar-refractivity contribution is 4.74. The van der Waals surface area contributed by atoms with E-state index in [-0.39, 0.29) is 6.04 Å². The summed E-state index contributed by atoms with van der Waals surface area (Å²) < 4.78 is 0. The normalized spacial score (nSPS) is 18.0. The fraction of sp³-hybridized carbons (Fsp3) is 1.00. The molecule has 0 saturated heterocycles. The van der Waals surface area contributed by atoms with Gasteiger partial charge in [0.1, 0.15) is 0 Å². The lowest BCUT2D eigenvalue weighted by Crippen LogP contribution is -2.29. The number of aliphatic hydroxyl groups is 1. The molecule has 2 heteroatoms. The summed E-state index contributed by atoms with van der Waals surface area (Å²) in [6.07, 6.45) is 1.99. The Morgan fingerprint density at radius 3 is 2.00 bits per heavy atom. The second-order valence-corrected chi connectivity index (χ2v) is 4.11. The Morgan fingerprint density at radius 2 is 1.73 bits per heavy atom. The largest absolute Gasteiger partial charge is 0.390 e. The summed E-state index contributed by atoms with van der Waals surface area (Å²) in [6.45, 7) is 7.75. The molecule has 2 nitrogen and oxygen atoms in total. The second kappa shape index (κ2) is 4.07. The van der Waals surface area contributed by atoms with Crippen LogP contribution in [0.5, 0.6) is 0 Å². The maximum atomic E-state index is 9.56. The molecule has 0 fully saturated rings. The zero-order valence-electron chi connectivity index (χ0n) is 8.09. The van der Waals surface area contributed by atoms with Gasteiger partial charge in [0.2, 0.25) is 0 Å². The van der Waals surface area contributed by atoms with E-state index < -0.39 is 5.60 Å². The number of rotatable bonds is 4. The van der Waals surface area contributed by atoms with Gasteiger partial charge < -0.3 is 10.8 Å². The Labute approximate surface area is 69.8 Å². The Balaban J connectivity index is 3.61. The highest BCUT2D eigenvalue weighted by Crippen LogP contribution is 2.20. The van der Waals surface area contributed by atoms with E-state index in [9.17, 15) is 5.11 Å². The van der Waals surface area contributed by atoms with Gasteiger partial charge >= 0.3 is 0 Å². The number of hydrogen-bond acceptors (Lipinski definition) is 2. The van der Waals surface area contributed by atoms with Crippen molar-refractivity contribution in [2.75, 3.05) is 0 Å². The molecule has 3 N–H and O–H groups in total. The van der Waals surface area contributed by atoms with Crippen molar-refractivity contribution in [1.29, 1.82) is 0 Å². The first-order valence-electron chi connectivity index (χ1n) is 4.32. The minimum Gasteiger partial charge on any atom is -0.390 e. The van der Waals surface area contributed by atoms with Crippen molar-refractivity contribution in [1.82, 2.24) is 0 Å². The van der Waals surface area contributed by atoms with E-state index in [0.29, 0.717) is 5.92 Å². The fourth-order valence-corrected chi connectivity index (χ4v) is 0.866. The monoisotopic (exact) mass is 159 g/mol. The summed E-state index contributed by atoms with van der Waals surface area (Å²) in [5.74, 6) is 0.327. The van der Waals surface area contributed by atoms with Crippen molar-refractivity contribution in [3.8, 4) is 0 Å². The van der Waals surface area contributed by atoms with E-state index >= 15 is 0 Å². The Kier molecular flexibility index (Phi) is 4.04. The molecule has 0 aromatic carbocycles. The molecule has 0 amide bonds. The second-order valence-electron chi connectivity index (χ2n) is 4.11. The topological polar surface area (TPSA) is 46.2 Å². The summed E-state index contributed by atoms with van der Waals surface area (Å²) >= 11 is 0. The van der Waals surface area contributed by atoms with Gasteiger partial charge in [-0.2, -0.15) is 0 Å². The minimum atomic E-state index is -0.561. The lowest BCUT2D eigenvalue weighted by Gasteiger charge is -2.26. The predicted octanol–water partition coefficient (Wildman–Crippen LogP) is 1.52. The third-order valence-corrected chi connectivity index (χ3v) is 2.26. The van der Waals surface area contributed by atoms with Crippen LogP contribution in [0.15, 0.2) is 0 Å². The molecular weight excluding hydrogens is 138 g/mol. The van der Waals surface area contributed by atoms with Gasteiger partial charge in [-0.25, -0.2) is 0 Å². The maximum Gasteiger partial charge on any atom is 0.0617 e. The molecule has 0 heterocycles. The summed E-state index contributed by atoms with van der Waals surface area (Å²) in [7, 11) is 0. The molecule has 2 unspecified atom stereocenters. The van der Waals surface area contributed by atoms with Gasteiger partial charge in [-0.15, -0.1) is 0 Å². The van der Waals surface area contributed by atoms with Gasteiger partial charge in [0, 0.05) is 6.04 Å². The SMILES string of the molecule is CC(N)CCC(C)C(C)(C)O. The molecule has 0 aromatic rings. The first-order valence-corrected chi connectivity index (χ1v) is 4.32. The van der Waals surface area contributed by atoms with E-state index in [4.69, 9.17) is 5.73 Å². The van der Waals surface area contributed by atoms with Crippen LogP contribution >= 0.6 is 0 Å². The van der Waals surface area contributed by atoms with E-state index in [1.54, 1.807) is 0 Å². The molecule has 0 bridgehead atoms. The van der Waals surface area contributed by atoms with Crippen molar-refractivity contribution >= 4 is 0 Å². The van der Waals surface area contributed by atoms with Crippen LogP contribution in [0.1, 0.15) is 40.5 Å². The van der Waals surface area contributed by atoms with Gasteiger partial charge in [-0.1, -0.05) is 6.92 Å². The Morgan fingerprint density at radius 1 is 1.27 bits per heavy atom. The highest BCUT2D eigenvalue weighted by Gasteiger charge is 2.21. The first-order chi connectivity index (χ1) is 4.84. The molecule has 2 atom stereocenters. The fourth-order valence-electron chi connectivity index (χ4n) is 0.866. The minimum absolute atomic E-state index is 0.250. The molecule has 0 radical (unpaired) electrons. The standard InChI is InChI=1S/C9H21NO/c1-7(9(3,4)11)5-6-8(2)10/h7-8,11H,5-6,10H2,1-4H3. The summed E-state index contributed by atoms with van der Waals surface area (Å²) in [4.78, 5) is 0. The van der Waals surface area contributed by atoms with Crippen LogP contribution in [0, 0.1) is 5.92 Å². The van der Waals surface area contributed by atoms with Crippen LogP contribution in [0.4, 0.5) is 0 Å². The van der Waals surface area contributed by atoms with Crippen LogP contribution in [-0.2, 0) is 0 Å². The zero-order chi connectivity index (χ0) is 9.07. The Bertz CT molecular complexity index is 105. The van der Waals surface area contributed by atoms with Gasteiger partial charge in [0.25, 0.3) is 0 Å². The smallest absolute Gasteiger partial charge is 0.0617 e. The quantitative estimate of drug-likeness (QED) is 0.653. The van der Waals surface area contributed by atoms with Gasteiger partial charge in [-0.05, 0) is 39.5 Å². The number of nitrogens with two attached hydrogens (primary N) is 1. The molecular formula is C9H21NO. The first kappa shape index (κ1) is 10.9. The van der Waals surface area contributed by atoms with Crippen molar-refractivity contribution < 1.29 is 5.11 Å². The Hall–Kier alpha value is -0.0800. The molecule has 0 rings (SSSR count). The van der Waals surface area contributed by atoms with Crippen molar-refractivity contribution in [2.45, 2.75) is 52.2 Å². The number of hydrogen-bond donors (Lipinski definition) is 2. The van der Waals surface area contributed by atoms with Gasteiger partial charge in [0.05, 0.1) is 5.60 Å². The van der Waals surface area contributed by atoms with Crippen LogP contribution in [0.25, 0.3) is 0 Å². The third kappa shape index (κ3) is 5.22. The van der Waals surface area contributed by atoms with E-state index in [2.05, 4.69) is 6.92 Å². The van der Waals surface area contributed by atoms with Crippen molar-refractivity contribution in [3.63, 3.8) is 0 Å². The molecule has 0 aliphatic heterocycles. The molecule has 0 aliphatic carbocycles. The maximum absolute atomic E-state index is 9.56. The average Bonchev–Trinajstić information content (AvgIpc) is 1.80. The third-order valence-electron chi connectivity index (χ3n) is 2.26. The van der Waals surface area contributed by atoms with E-state index in [1.807, 2.05) is 20.8 Å². The van der Waals surface area contributed by atoms with Gasteiger partial charge in [0.15, 0.2) is 0 Å². The molecule has 0 spiro atoms. The molecule has 68 valence electrons. The molecule has 11 heavy (non-hydrogen) atoms. The van der Waals surface area contributed by atoms with Crippen LogP contribution in [-0.4, -0.2) is 16.7 Å². The van der Waals surface area contributed by atoms with Crippen molar-refractivity contribution in [2.24, 2.45) is 11.7 Å². The molecule has 0 aromatic heterocycles. The van der Waals surface area contributed by atoms with E-state index in [1.165, 1.54) is 0 Å². The summed E-state index contributed by atoms with van der Waals surface area (Å²) in [6, 6.07) is 0.250. The lowest BCUT2D eigenvalue weighted by atomic mass is 9.88. The van der Waals surface area contributed by atoms with E-state index in [0.717, 1.165) is 12.8 Å². The average molecular weight is 159 g/mol. The molecule has 0 aliphatic rings.